The van der Waals surface area contributed by atoms with E-state index < -0.39 is 0 Å². The van der Waals surface area contributed by atoms with Gasteiger partial charge in [-0.2, -0.15) is 5.10 Å². The molecule has 1 N–H and O–H groups in total. The summed E-state index contributed by atoms with van der Waals surface area (Å²) >= 11 is 0. The highest BCUT2D eigenvalue weighted by Crippen LogP contribution is 2.05. The number of nitrogens with zero attached hydrogens (tertiary/aromatic N) is 3. The first-order valence-electron chi connectivity index (χ1n) is 5.84. The Balaban J connectivity index is 1.67. The van der Waals surface area contributed by atoms with Crippen molar-refractivity contribution in [2.75, 3.05) is 0 Å². The molecule has 0 fully saturated rings. The minimum Gasteiger partial charge on any atom is -0.472 e. The van der Waals surface area contributed by atoms with E-state index >= 15 is 0 Å². The van der Waals surface area contributed by atoms with E-state index in [0.29, 0.717) is 0 Å². The molecule has 3 heterocycles. The fourth-order valence-electron chi connectivity index (χ4n) is 1.87. The number of hydrogen-bond donors (Lipinski definition) is 1. The topological polar surface area (TPSA) is 55.4 Å². The summed E-state index contributed by atoms with van der Waals surface area (Å²) < 4.78 is 6.82. The number of aryl methyl sites for hydroxylation is 1. The lowest BCUT2D eigenvalue weighted by Crippen LogP contribution is -2.13. The Morgan fingerprint density at radius 1 is 1.33 bits per heavy atom. The number of hydrogen-bond acceptors (Lipinski definition) is 4. The fourth-order valence-corrected chi connectivity index (χ4v) is 1.87. The first kappa shape index (κ1) is 11.0. The molecule has 5 nitrogen and oxygen atoms in total. The van der Waals surface area contributed by atoms with Gasteiger partial charge < -0.3 is 9.73 Å². The number of furan rings is 1. The van der Waals surface area contributed by atoms with Gasteiger partial charge in [-0.3, -0.25) is 0 Å². The molecule has 0 aliphatic heterocycles. The SMILES string of the molecule is Cc1cc2ncc(CNCc3ccoc3)cn2n1. The van der Waals surface area contributed by atoms with Gasteiger partial charge in [-0.15, -0.1) is 0 Å². The predicted molar refractivity (Wildman–Crippen MR) is 67.0 cm³/mol. The van der Waals surface area contributed by atoms with Crippen LogP contribution in [0.2, 0.25) is 0 Å². The molecule has 0 saturated heterocycles. The van der Waals surface area contributed by atoms with Crippen LogP contribution in [0.1, 0.15) is 16.8 Å². The second-order valence-electron chi connectivity index (χ2n) is 4.29. The van der Waals surface area contributed by atoms with E-state index in [0.717, 1.165) is 35.6 Å². The summed E-state index contributed by atoms with van der Waals surface area (Å²) in [5.41, 5.74) is 4.10. The average Bonchev–Trinajstić information content (AvgIpc) is 2.96. The molecule has 18 heavy (non-hydrogen) atoms. The molecule has 5 heteroatoms. The van der Waals surface area contributed by atoms with E-state index in [4.69, 9.17) is 4.42 Å². The molecule has 0 atom stereocenters. The molecule has 3 rings (SSSR count). The molecule has 0 aromatic carbocycles. The molecule has 0 bridgehead atoms. The Morgan fingerprint density at radius 2 is 2.22 bits per heavy atom. The van der Waals surface area contributed by atoms with Gasteiger partial charge in [-0.1, -0.05) is 0 Å². The summed E-state index contributed by atoms with van der Waals surface area (Å²) in [5, 5.41) is 7.68. The van der Waals surface area contributed by atoms with Crippen LogP contribution in [0.5, 0.6) is 0 Å². The van der Waals surface area contributed by atoms with Crippen molar-refractivity contribution in [3.05, 3.63) is 53.9 Å². The average molecular weight is 242 g/mol. The van der Waals surface area contributed by atoms with Crippen molar-refractivity contribution in [1.82, 2.24) is 19.9 Å². The second-order valence-corrected chi connectivity index (χ2v) is 4.29. The van der Waals surface area contributed by atoms with Crippen LogP contribution in [0, 0.1) is 6.92 Å². The van der Waals surface area contributed by atoms with E-state index in [-0.39, 0.29) is 0 Å². The second kappa shape index (κ2) is 4.62. The Hall–Kier alpha value is -2.14. The third-order valence-corrected chi connectivity index (χ3v) is 2.73. The van der Waals surface area contributed by atoms with Gasteiger partial charge in [-0.25, -0.2) is 9.50 Å². The summed E-state index contributed by atoms with van der Waals surface area (Å²) in [5.74, 6) is 0. The summed E-state index contributed by atoms with van der Waals surface area (Å²) in [7, 11) is 0. The van der Waals surface area contributed by atoms with Crippen molar-refractivity contribution < 1.29 is 4.42 Å². The molecule has 92 valence electrons. The normalized spacial score (nSPS) is 11.2. The first-order valence-corrected chi connectivity index (χ1v) is 5.84. The van der Waals surface area contributed by atoms with Gasteiger partial charge in [-0.05, 0) is 13.0 Å². The van der Waals surface area contributed by atoms with Crippen LogP contribution in [0.3, 0.4) is 0 Å². The molecule has 0 saturated carbocycles. The predicted octanol–water partition coefficient (Wildman–Crippen LogP) is 1.92. The van der Waals surface area contributed by atoms with E-state index in [1.54, 1.807) is 12.5 Å². The van der Waals surface area contributed by atoms with Gasteiger partial charge in [0.1, 0.15) is 0 Å². The van der Waals surface area contributed by atoms with Crippen LogP contribution in [-0.2, 0) is 13.1 Å². The van der Waals surface area contributed by atoms with Crippen molar-refractivity contribution in [1.29, 1.82) is 0 Å². The zero-order chi connectivity index (χ0) is 12.4. The molecule has 0 radical (unpaired) electrons. The Kier molecular flexibility index (Phi) is 2.82. The third-order valence-electron chi connectivity index (χ3n) is 2.73. The molecule has 3 aromatic heterocycles. The van der Waals surface area contributed by atoms with Crippen molar-refractivity contribution >= 4 is 5.65 Å². The lowest BCUT2D eigenvalue weighted by Gasteiger charge is -2.03. The van der Waals surface area contributed by atoms with Crippen LogP contribution in [0.4, 0.5) is 0 Å². The van der Waals surface area contributed by atoms with Crippen molar-refractivity contribution in [2.45, 2.75) is 20.0 Å². The van der Waals surface area contributed by atoms with E-state index in [9.17, 15) is 0 Å². The summed E-state index contributed by atoms with van der Waals surface area (Å²) in [6.45, 7) is 3.51. The maximum absolute atomic E-state index is 5.01. The fraction of sp³-hybridized carbons (Fsp3) is 0.231. The van der Waals surface area contributed by atoms with Crippen LogP contribution in [0.15, 0.2) is 41.5 Å². The summed E-state index contributed by atoms with van der Waals surface area (Å²) in [6, 6.07) is 3.91. The Labute approximate surface area is 104 Å². The van der Waals surface area contributed by atoms with E-state index in [2.05, 4.69) is 15.4 Å². The minimum absolute atomic E-state index is 0.757. The minimum atomic E-state index is 0.757. The largest absolute Gasteiger partial charge is 0.472 e. The van der Waals surface area contributed by atoms with Crippen molar-refractivity contribution in [2.24, 2.45) is 0 Å². The quantitative estimate of drug-likeness (QED) is 0.759. The maximum Gasteiger partial charge on any atom is 0.155 e. The van der Waals surface area contributed by atoms with Crippen LogP contribution in [-0.4, -0.2) is 14.6 Å². The molecule has 0 amide bonds. The standard InChI is InChI=1S/C13H14N4O/c1-10-4-13-15-7-12(8-17(13)16-10)6-14-5-11-2-3-18-9-11/h2-4,7-9,14H,5-6H2,1H3. The Bertz CT molecular complexity index is 642. The highest BCUT2D eigenvalue weighted by molar-refractivity contribution is 5.38. The summed E-state index contributed by atoms with van der Waals surface area (Å²) in [6.07, 6.45) is 7.29. The molecular weight excluding hydrogens is 228 g/mol. The Morgan fingerprint density at radius 3 is 3.06 bits per heavy atom. The van der Waals surface area contributed by atoms with E-state index in [1.807, 2.05) is 36.0 Å². The highest BCUT2D eigenvalue weighted by atomic mass is 16.3. The van der Waals surface area contributed by atoms with Gasteiger partial charge in [0, 0.05) is 42.7 Å². The molecule has 3 aromatic rings. The highest BCUT2D eigenvalue weighted by Gasteiger charge is 2.01. The van der Waals surface area contributed by atoms with Crippen molar-refractivity contribution in [3.8, 4) is 0 Å². The van der Waals surface area contributed by atoms with Crippen molar-refractivity contribution in [3.63, 3.8) is 0 Å². The lowest BCUT2D eigenvalue weighted by molar-refractivity contribution is 0.560. The van der Waals surface area contributed by atoms with Crippen LogP contribution >= 0.6 is 0 Å². The van der Waals surface area contributed by atoms with Gasteiger partial charge >= 0.3 is 0 Å². The van der Waals surface area contributed by atoms with E-state index in [1.165, 1.54) is 0 Å². The molecular formula is C13H14N4O. The zero-order valence-electron chi connectivity index (χ0n) is 10.1. The molecule has 0 aliphatic rings. The zero-order valence-corrected chi connectivity index (χ0v) is 10.1. The third kappa shape index (κ3) is 2.26. The number of fused-ring (bicyclic) bond motifs is 1. The van der Waals surface area contributed by atoms with Gasteiger partial charge in [0.05, 0.1) is 18.2 Å². The van der Waals surface area contributed by atoms with Crippen LogP contribution in [0.25, 0.3) is 5.65 Å². The number of nitrogens with one attached hydrogen (secondary N) is 1. The lowest BCUT2D eigenvalue weighted by atomic mass is 10.3. The smallest absolute Gasteiger partial charge is 0.155 e. The molecule has 0 spiro atoms. The van der Waals surface area contributed by atoms with Gasteiger partial charge in [0.25, 0.3) is 0 Å². The monoisotopic (exact) mass is 242 g/mol. The first-order chi connectivity index (χ1) is 8.81. The molecule has 0 aliphatic carbocycles. The van der Waals surface area contributed by atoms with Gasteiger partial charge in [0.15, 0.2) is 5.65 Å². The number of aromatic nitrogens is 3. The maximum atomic E-state index is 5.01. The van der Waals surface area contributed by atoms with Gasteiger partial charge in [0.2, 0.25) is 0 Å². The summed E-state index contributed by atoms with van der Waals surface area (Å²) in [4.78, 5) is 4.36. The number of rotatable bonds is 4. The van der Waals surface area contributed by atoms with Crippen LogP contribution < -0.4 is 5.32 Å². The molecule has 0 unspecified atom stereocenters.